The summed E-state index contributed by atoms with van der Waals surface area (Å²) in [6, 6.07) is 13.5. The van der Waals surface area contributed by atoms with Crippen LogP contribution in [0.15, 0.2) is 42.5 Å². The summed E-state index contributed by atoms with van der Waals surface area (Å²) in [5, 5.41) is 9.43. The van der Waals surface area contributed by atoms with Gasteiger partial charge in [-0.2, -0.15) is 0 Å². The van der Waals surface area contributed by atoms with E-state index in [0.717, 1.165) is 27.8 Å². The number of benzene rings is 2. The molecule has 0 saturated heterocycles. The molecule has 20 heavy (non-hydrogen) atoms. The Bertz CT molecular complexity index is 664. The second-order valence-electron chi connectivity index (χ2n) is 5.07. The summed E-state index contributed by atoms with van der Waals surface area (Å²) in [7, 11) is 0. The molecule has 0 saturated carbocycles. The molecule has 0 aliphatic carbocycles. The van der Waals surface area contributed by atoms with Crippen molar-refractivity contribution in [1.29, 1.82) is 0 Å². The van der Waals surface area contributed by atoms with Gasteiger partial charge in [0.2, 0.25) is 0 Å². The Morgan fingerprint density at radius 1 is 0.950 bits per heavy atom. The second kappa shape index (κ2) is 5.74. The molecule has 0 radical (unpaired) electrons. The van der Waals surface area contributed by atoms with Crippen molar-refractivity contribution in [3.63, 3.8) is 0 Å². The van der Waals surface area contributed by atoms with Crippen LogP contribution >= 0.6 is 0 Å². The van der Waals surface area contributed by atoms with E-state index in [1.54, 1.807) is 6.08 Å². The summed E-state index contributed by atoms with van der Waals surface area (Å²) >= 11 is 0. The van der Waals surface area contributed by atoms with E-state index in [4.69, 9.17) is 0 Å². The fourth-order valence-electron chi connectivity index (χ4n) is 2.01. The zero-order valence-electron chi connectivity index (χ0n) is 12.0. The van der Waals surface area contributed by atoms with Crippen LogP contribution in [0.3, 0.4) is 0 Å². The largest absolute Gasteiger partial charge is 0.478 e. The van der Waals surface area contributed by atoms with E-state index in [2.05, 4.69) is 0 Å². The van der Waals surface area contributed by atoms with E-state index in [0.29, 0.717) is 5.57 Å². The van der Waals surface area contributed by atoms with E-state index < -0.39 is 5.97 Å². The average molecular weight is 266 g/mol. The second-order valence-corrected chi connectivity index (χ2v) is 5.07. The van der Waals surface area contributed by atoms with Crippen LogP contribution < -0.4 is 0 Å². The van der Waals surface area contributed by atoms with E-state index >= 15 is 0 Å². The van der Waals surface area contributed by atoms with E-state index in [-0.39, 0.29) is 0 Å². The molecule has 0 spiro atoms. The Morgan fingerprint density at radius 3 is 2.15 bits per heavy atom. The first-order valence-electron chi connectivity index (χ1n) is 6.56. The van der Waals surface area contributed by atoms with Gasteiger partial charge in [-0.15, -0.1) is 0 Å². The molecular formula is C18H18O2. The van der Waals surface area contributed by atoms with E-state index in [1.807, 2.05) is 63.2 Å². The van der Waals surface area contributed by atoms with Gasteiger partial charge in [0.05, 0.1) is 5.57 Å². The van der Waals surface area contributed by atoms with Crippen molar-refractivity contribution in [1.82, 2.24) is 0 Å². The van der Waals surface area contributed by atoms with Gasteiger partial charge in [-0.05, 0) is 49.1 Å². The lowest BCUT2D eigenvalue weighted by atomic mass is 9.98. The van der Waals surface area contributed by atoms with Crippen LogP contribution in [-0.2, 0) is 4.79 Å². The van der Waals surface area contributed by atoms with Crippen molar-refractivity contribution in [2.75, 3.05) is 0 Å². The number of rotatable bonds is 3. The zero-order valence-corrected chi connectivity index (χ0v) is 12.0. The molecule has 0 aliphatic rings. The standard InChI is InChI=1S/C18H18O2/c1-12-4-7-15(8-5-12)11-17(18(19)20)16-9-6-13(2)14(3)10-16/h4-11H,1-3H3,(H,19,20)/b17-11-. The summed E-state index contributed by atoms with van der Waals surface area (Å²) < 4.78 is 0. The molecule has 0 unspecified atom stereocenters. The molecule has 2 nitrogen and oxygen atoms in total. The molecule has 2 aromatic carbocycles. The fourth-order valence-corrected chi connectivity index (χ4v) is 2.01. The minimum atomic E-state index is -0.908. The third kappa shape index (κ3) is 3.15. The number of aryl methyl sites for hydroxylation is 3. The van der Waals surface area contributed by atoms with Crippen molar-refractivity contribution in [3.05, 3.63) is 70.3 Å². The Labute approximate surface area is 119 Å². The van der Waals surface area contributed by atoms with Gasteiger partial charge in [0, 0.05) is 0 Å². The maximum Gasteiger partial charge on any atom is 0.336 e. The number of hydrogen-bond acceptors (Lipinski definition) is 1. The maximum atomic E-state index is 11.5. The first-order chi connectivity index (χ1) is 9.47. The highest BCUT2D eigenvalue weighted by Gasteiger charge is 2.11. The molecule has 102 valence electrons. The minimum absolute atomic E-state index is 0.317. The third-order valence-electron chi connectivity index (χ3n) is 3.44. The van der Waals surface area contributed by atoms with Gasteiger partial charge in [-0.3, -0.25) is 0 Å². The van der Waals surface area contributed by atoms with Crippen LogP contribution in [0.4, 0.5) is 0 Å². The highest BCUT2D eigenvalue weighted by Crippen LogP contribution is 2.21. The third-order valence-corrected chi connectivity index (χ3v) is 3.44. The first-order valence-corrected chi connectivity index (χ1v) is 6.56. The van der Waals surface area contributed by atoms with Gasteiger partial charge in [0.25, 0.3) is 0 Å². The zero-order chi connectivity index (χ0) is 14.7. The molecule has 0 atom stereocenters. The van der Waals surface area contributed by atoms with Crippen molar-refractivity contribution in [2.45, 2.75) is 20.8 Å². The van der Waals surface area contributed by atoms with Gasteiger partial charge in [0.15, 0.2) is 0 Å². The predicted molar refractivity (Wildman–Crippen MR) is 82.6 cm³/mol. The molecule has 2 aromatic rings. The number of carbonyl (C=O) groups is 1. The van der Waals surface area contributed by atoms with Crippen molar-refractivity contribution >= 4 is 17.6 Å². The number of aliphatic carboxylic acids is 1. The van der Waals surface area contributed by atoms with Crippen LogP contribution in [-0.4, -0.2) is 11.1 Å². The Kier molecular flexibility index (Phi) is 4.04. The first kappa shape index (κ1) is 14.1. The van der Waals surface area contributed by atoms with Crippen molar-refractivity contribution in [2.24, 2.45) is 0 Å². The topological polar surface area (TPSA) is 37.3 Å². The van der Waals surface area contributed by atoms with Gasteiger partial charge >= 0.3 is 5.97 Å². The summed E-state index contributed by atoms with van der Waals surface area (Å²) in [5.41, 5.74) is 5.36. The lowest BCUT2D eigenvalue weighted by molar-refractivity contribution is -0.130. The van der Waals surface area contributed by atoms with E-state index in [9.17, 15) is 9.90 Å². The lowest BCUT2D eigenvalue weighted by Crippen LogP contribution is -2.00. The molecule has 0 aliphatic heterocycles. The van der Waals surface area contributed by atoms with E-state index in [1.165, 1.54) is 0 Å². The monoisotopic (exact) mass is 266 g/mol. The lowest BCUT2D eigenvalue weighted by Gasteiger charge is -2.07. The van der Waals surface area contributed by atoms with Crippen molar-refractivity contribution < 1.29 is 9.90 Å². The highest BCUT2D eigenvalue weighted by atomic mass is 16.4. The van der Waals surface area contributed by atoms with Crippen LogP contribution in [0.1, 0.15) is 27.8 Å². The van der Waals surface area contributed by atoms with Gasteiger partial charge in [-0.1, -0.05) is 48.0 Å². The minimum Gasteiger partial charge on any atom is -0.478 e. The van der Waals surface area contributed by atoms with Gasteiger partial charge in [0.1, 0.15) is 0 Å². The highest BCUT2D eigenvalue weighted by molar-refractivity contribution is 6.20. The van der Waals surface area contributed by atoms with Gasteiger partial charge in [-0.25, -0.2) is 4.79 Å². The predicted octanol–water partition coefficient (Wildman–Crippen LogP) is 4.24. The Hall–Kier alpha value is -2.35. The molecule has 0 fully saturated rings. The average Bonchev–Trinajstić information content (AvgIpc) is 2.41. The van der Waals surface area contributed by atoms with Crippen LogP contribution in [0.25, 0.3) is 11.6 Å². The molecule has 2 heteroatoms. The quantitative estimate of drug-likeness (QED) is 0.666. The molecule has 1 N–H and O–H groups in total. The molecule has 0 heterocycles. The molecule has 2 rings (SSSR count). The molecule has 0 bridgehead atoms. The number of carboxylic acids is 1. The van der Waals surface area contributed by atoms with Gasteiger partial charge < -0.3 is 5.11 Å². The SMILES string of the molecule is Cc1ccc(/C=C(\C(=O)O)c2ccc(C)c(C)c2)cc1. The molecular weight excluding hydrogens is 248 g/mol. The van der Waals surface area contributed by atoms with Crippen molar-refractivity contribution in [3.8, 4) is 0 Å². The summed E-state index contributed by atoms with van der Waals surface area (Å²) in [6.45, 7) is 6.02. The summed E-state index contributed by atoms with van der Waals surface area (Å²) in [6.07, 6.45) is 1.71. The molecule has 0 amide bonds. The smallest absolute Gasteiger partial charge is 0.336 e. The van der Waals surface area contributed by atoms with Crippen LogP contribution in [0.5, 0.6) is 0 Å². The Morgan fingerprint density at radius 2 is 1.60 bits per heavy atom. The Balaban J connectivity index is 2.48. The molecule has 0 aromatic heterocycles. The summed E-state index contributed by atoms with van der Waals surface area (Å²) in [4.78, 5) is 11.5. The fraction of sp³-hybridized carbons (Fsp3) is 0.167. The normalized spacial score (nSPS) is 11.4. The van der Waals surface area contributed by atoms with Crippen LogP contribution in [0.2, 0.25) is 0 Å². The number of hydrogen-bond donors (Lipinski definition) is 1. The maximum absolute atomic E-state index is 11.5. The van der Waals surface area contributed by atoms with Crippen LogP contribution in [0, 0.1) is 20.8 Å². The summed E-state index contributed by atoms with van der Waals surface area (Å²) in [5.74, 6) is -0.908. The number of carboxylic acid groups (broad SMARTS) is 1.